The van der Waals surface area contributed by atoms with Crippen LogP contribution in [-0.4, -0.2) is 11.5 Å². The van der Waals surface area contributed by atoms with Gasteiger partial charge in [-0.2, -0.15) is 0 Å². The van der Waals surface area contributed by atoms with Crippen LogP contribution in [0.4, 0.5) is 13.2 Å². The fourth-order valence-electron chi connectivity index (χ4n) is 2.14. The third kappa shape index (κ3) is 4.77. The van der Waals surface area contributed by atoms with Gasteiger partial charge in [0.1, 0.15) is 5.75 Å². The van der Waals surface area contributed by atoms with Gasteiger partial charge in [0.05, 0.1) is 6.10 Å². The molecule has 2 rings (SSSR count). The highest BCUT2D eigenvalue weighted by atomic mass is 19.4. The molecular weight excluding hydrogens is 293 g/mol. The van der Waals surface area contributed by atoms with Gasteiger partial charge in [-0.05, 0) is 41.7 Å². The molecule has 0 bridgehead atoms. The predicted molar refractivity (Wildman–Crippen MR) is 77.6 cm³/mol. The van der Waals surface area contributed by atoms with Gasteiger partial charge in [-0.15, -0.1) is 13.2 Å². The number of hydrogen-bond donors (Lipinski definition) is 1. The summed E-state index contributed by atoms with van der Waals surface area (Å²) in [7, 11) is 0. The molecule has 0 fully saturated rings. The Labute approximate surface area is 127 Å². The summed E-state index contributed by atoms with van der Waals surface area (Å²) in [5, 5.41) is 9.73. The molecule has 22 heavy (non-hydrogen) atoms. The average Bonchev–Trinajstić information content (AvgIpc) is 2.48. The van der Waals surface area contributed by atoms with Crippen molar-refractivity contribution in [2.24, 2.45) is 0 Å². The molecule has 1 N–H and O–H groups in total. The third-order valence-corrected chi connectivity index (χ3v) is 3.32. The Balaban J connectivity index is 2.01. The smallest absolute Gasteiger partial charge is 0.406 e. The highest BCUT2D eigenvalue weighted by molar-refractivity contribution is 5.33. The molecule has 2 aromatic rings. The molecule has 0 aliphatic rings. The van der Waals surface area contributed by atoms with Gasteiger partial charge in [-0.25, -0.2) is 0 Å². The van der Waals surface area contributed by atoms with Crippen molar-refractivity contribution in [1.82, 2.24) is 0 Å². The van der Waals surface area contributed by atoms with Crippen molar-refractivity contribution in [2.75, 3.05) is 0 Å². The van der Waals surface area contributed by atoms with Crippen molar-refractivity contribution in [2.45, 2.75) is 32.2 Å². The number of ether oxygens (including phenoxy) is 1. The molecule has 0 saturated heterocycles. The predicted octanol–water partition coefficient (Wildman–Crippen LogP) is 4.62. The van der Waals surface area contributed by atoms with Crippen LogP contribution in [-0.2, 0) is 6.42 Å². The molecule has 0 radical (unpaired) electrons. The lowest BCUT2D eigenvalue weighted by molar-refractivity contribution is -0.274. The minimum Gasteiger partial charge on any atom is -0.406 e. The van der Waals surface area contributed by atoms with Gasteiger partial charge in [0.2, 0.25) is 0 Å². The van der Waals surface area contributed by atoms with Crippen molar-refractivity contribution < 1.29 is 23.0 Å². The van der Waals surface area contributed by atoms with E-state index >= 15 is 0 Å². The average molecular weight is 310 g/mol. The zero-order chi connectivity index (χ0) is 16.2. The van der Waals surface area contributed by atoms with Crippen LogP contribution < -0.4 is 4.74 Å². The number of aliphatic hydroxyl groups excluding tert-OH is 1. The highest BCUT2D eigenvalue weighted by Gasteiger charge is 2.30. The van der Waals surface area contributed by atoms with E-state index in [9.17, 15) is 18.3 Å². The lowest BCUT2D eigenvalue weighted by Gasteiger charge is -2.10. The number of alkyl halides is 3. The molecule has 0 spiro atoms. The molecule has 2 nitrogen and oxygen atoms in total. The van der Waals surface area contributed by atoms with Gasteiger partial charge in [0, 0.05) is 0 Å². The van der Waals surface area contributed by atoms with Crippen LogP contribution in [0.25, 0.3) is 0 Å². The maximum atomic E-state index is 12.1. The Morgan fingerprint density at radius 3 is 1.91 bits per heavy atom. The molecule has 1 atom stereocenters. The molecule has 0 aliphatic heterocycles. The molecule has 118 valence electrons. The summed E-state index contributed by atoms with van der Waals surface area (Å²) < 4.78 is 40.1. The second-order valence-corrected chi connectivity index (χ2v) is 5.03. The summed E-state index contributed by atoms with van der Waals surface area (Å²) in [5.74, 6) is -0.224. The summed E-state index contributed by atoms with van der Waals surface area (Å²) in [6.07, 6.45) is -3.88. The quantitative estimate of drug-likeness (QED) is 0.873. The summed E-state index contributed by atoms with van der Waals surface area (Å²) in [6.45, 7) is 1.91. The van der Waals surface area contributed by atoms with Crippen LogP contribution in [0.3, 0.4) is 0 Å². The van der Waals surface area contributed by atoms with Gasteiger partial charge >= 0.3 is 6.36 Å². The van der Waals surface area contributed by atoms with Crippen LogP contribution in [0.2, 0.25) is 0 Å². The van der Waals surface area contributed by atoms with Crippen molar-refractivity contribution in [1.29, 1.82) is 0 Å². The molecule has 0 aromatic heterocycles. The van der Waals surface area contributed by atoms with Gasteiger partial charge in [0.15, 0.2) is 0 Å². The second kappa shape index (κ2) is 6.83. The van der Waals surface area contributed by atoms with E-state index in [-0.39, 0.29) is 5.75 Å². The topological polar surface area (TPSA) is 29.5 Å². The summed E-state index contributed by atoms with van der Waals surface area (Å²) in [4.78, 5) is 0. The van der Waals surface area contributed by atoms with E-state index in [1.165, 1.54) is 12.1 Å². The number of rotatable bonds is 5. The fraction of sp³-hybridized carbons (Fsp3) is 0.294. The molecule has 0 heterocycles. The minimum atomic E-state index is -4.67. The Hall–Kier alpha value is -2.01. The standard InChI is InChI=1S/C17H17F3O2/c1-2-16(21)14-7-3-12(4-8-14)11-13-5-9-15(10-6-13)22-17(18,19)20/h3-10,16,21H,2,11H2,1H3/t16-/m1/s1. The van der Waals surface area contributed by atoms with Gasteiger partial charge in [-0.3, -0.25) is 0 Å². The molecule has 2 aromatic carbocycles. The third-order valence-electron chi connectivity index (χ3n) is 3.32. The normalized spacial score (nSPS) is 13.0. The number of hydrogen-bond acceptors (Lipinski definition) is 2. The van der Waals surface area contributed by atoms with Crippen molar-refractivity contribution in [3.63, 3.8) is 0 Å². The maximum absolute atomic E-state index is 12.1. The first-order valence-corrected chi connectivity index (χ1v) is 6.99. The molecular formula is C17H17F3O2. The van der Waals surface area contributed by atoms with Crippen LogP contribution in [0, 0.1) is 0 Å². The lowest BCUT2D eigenvalue weighted by atomic mass is 10.0. The first kappa shape index (κ1) is 16.4. The Bertz CT molecular complexity index is 589. The first-order valence-electron chi connectivity index (χ1n) is 6.99. The van der Waals surface area contributed by atoms with Gasteiger partial charge < -0.3 is 9.84 Å². The van der Waals surface area contributed by atoms with E-state index in [1.54, 1.807) is 12.1 Å². The van der Waals surface area contributed by atoms with Crippen LogP contribution >= 0.6 is 0 Å². The van der Waals surface area contributed by atoms with Crippen LogP contribution in [0.1, 0.15) is 36.1 Å². The van der Waals surface area contributed by atoms with E-state index in [1.807, 2.05) is 31.2 Å². The van der Waals surface area contributed by atoms with E-state index in [0.717, 1.165) is 16.7 Å². The van der Waals surface area contributed by atoms with Gasteiger partial charge in [-0.1, -0.05) is 43.3 Å². The number of benzene rings is 2. The molecule has 5 heteroatoms. The Kier molecular flexibility index (Phi) is 5.08. The van der Waals surface area contributed by atoms with E-state index in [0.29, 0.717) is 12.8 Å². The van der Waals surface area contributed by atoms with E-state index in [2.05, 4.69) is 4.74 Å². The zero-order valence-electron chi connectivity index (χ0n) is 12.1. The van der Waals surface area contributed by atoms with Crippen molar-refractivity contribution in [3.05, 3.63) is 65.2 Å². The molecule has 0 amide bonds. The number of aliphatic hydroxyl groups is 1. The molecule has 0 aliphatic carbocycles. The maximum Gasteiger partial charge on any atom is 0.573 e. The van der Waals surface area contributed by atoms with Gasteiger partial charge in [0.25, 0.3) is 0 Å². The lowest BCUT2D eigenvalue weighted by Crippen LogP contribution is -2.17. The Morgan fingerprint density at radius 1 is 0.955 bits per heavy atom. The minimum absolute atomic E-state index is 0.224. The monoisotopic (exact) mass is 310 g/mol. The fourth-order valence-corrected chi connectivity index (χ4v) is 2.14. The largest absolute Gasteiger partial charge is 0.573 e. The summed E-state index contributed by atoms with van der Waals surface area (Å²) >= 11 is 0. The highest BCUT2D eigenvalue weighted by Crippen LogP contribution is 2.24. The number of halogens is 3. The van der Waals surface area contributed by atoms with Crippen LogP contribution in [0.5, 0.6) is 5.75 Å². The van der Waals surface area contributed by atoms with Crippen molar-refractivity contribution >= 4 is 0 Å². The van der Waals surface area contributed by atoms with Crippen molar-refractivity contribution in [3.8, 4) is 5.75 Å². The van der Waals surface area contributed by atoms with Crippen LogP contribution in [0.15, 0.2) is 48.5 Å². The Morgan fingerprint density at radius 2 is 1.45 bits per heavy atom. The SMILES string of the molecule is CC[C@@H](O)c1ccc(Cc2ccc(OC(F)(F)F)cc2)cc1. The molecule has 0 unspecified atom stereocenters. The summed E-state index contributed by atoms with van der Waals surface area (Å²) in [5.41, 5.74) is 2.77. The second-order valence-electron chi connectivity index (χ2n) is 5.03. The first-order chi connectivity index (χ1) is 10.4. The van der Waals surface area contributed by atoms with E-state index < -0.39 is 12.5 Å². The van der Waals surface area contributed by atoms with E-state index in [4.69, 9.17) is 0 Å². The summed E-state index contributed by atoms with van der Waals surface area (Å²) in [6, 6.07) is 13.4. The molecule has 0 saturated carbocycles. The zero-order valence-corrected chi connectivity index (χ0v) is 12.1.